The lowest BCUT2D eigenvalue weighted by Crippen LogP contribution is -2.43. The first-order chi connectivity index (χ1) is 15.8. The van der Waals surface area contributed by atoms with E-state index < -0.39 is 39.7 Å². The summed E-state index contributed by atoms with van der Waals surface area (Å²) in [6.45, 7) is -0.716. The average molecular weight is 464 g/mol. The summed E-state index contributed by atoms with van der Waals surface area (Å²) in [6, 6.07) is 20.3. The molecule has 168 valence electrons. The number of hydrogen-bond donors (Lipinski definition) is 2. The highest BCUT2D eigenvalue weighted by Crippen LogP contribution is 2.35. The maximum atomic E-state index is 13.4. The van der Waals surface area contributed by atoms with Crippen LogP contribution in [0.25, 0.3) is 5.76 Å². The number of rotatable bonds is 5. The largest absolute Gasteiger partial charge is 0.505 e. The van der Waals surface area contributed by atoms with Crippen LogP contribution in [0.2, 0.25) is 0 Å². The minimum absolute atomic E-state index is 0.0700. The van der Waals surface area contributed by atoms with Gasteiger partial charge in [-0.25, -0.2) is 12.7 Å². The second kappa shape index (κ2) is 8.79. The van der Waals surface area contributed by atoms with Gasteiger partial charge < -0.3 is 15.2 Å². The molecule has 0 bridgehead atoms. The van der Waals surface area contributed by atoms with Crippen LogP contribution < -0.4 is 10.1 Å². The van der Waals surface area contributed by atoms with Crippen molar-refractivity contribution >= 4 is 33.2 Å². The van der Waals surface area contributed by atoms with Gasteiger partial charge in [-0.05, 0) is 24.3 Å². The number of benzene rings is 3. The van der Waals surface area contributed by atoms with E-state index in [4.69, 9.17) is 4.74 Å². The fourth-order valence-electron chi connectivity index (χ4n) is 3.51. The van der Waals surface area contributed by atoms with Gasteiger partial charge >= 0.3 is 0 Å². The zero-order valence-electron chi connectivity index (χ0n) is 17.6. The summed E-state index contributed by atoms with van der Waals surface area (Å²) in [5.41, 5.74) is 0.0760. The number of sulfonamides is 1. The predicted octanol–water partition coefficient (Wildman–Crippen LogP) is 3.45. The number of ether oxygens (including phenoxy) is 1. The van der Waals surface area contributed by atoms with E-state index in [-0.39, 0.29) is 16.0 Å². The van der Waals surface area contributed by atoms with Crippen molar-refractivity contribution in [3.8, 4) is 5.75 Å². The Morgan fingerprint density at radius 2 is 1.70 bits per heavy atom. The van der Waals surface area contributed by atoms with E-state index in [1.807, 2.05) is 0 Å². The molecule has 4 rings (SSSR count). The monoisotopic (exact) mass is 464 g/mol. The molecule has 0 atom stereocenters. The van der Waals surface area contributed by atoms with Gasteiger partial charge in [0.2, 0.25) is 11.7 Å². The Balaban J connectivity index is 1.79. The van der Waals surface area contributed by atoms with Gasteiger partial charge in [0.25, 0.3) is 10.0 Å². The highest BCUT2D eigenvalue weighted by atomic mass is 32.2. The number of nitrogens with zero attached hydrogens (tertiary/aromatic N) is 1. The molecule has 8 nitrogen and oxygen atoms in total. The zero-order valence-corrected chi connectivity index (χ0v) is 18.4. The molecule has 0 aliphatic carbocycles. The first-order valence-electron chi connectivity index (χ1n) is 9.92. The van der Waals surface area contributed by atoms with Crippen LogP contribution in [0.5, 0.6) is 5.75 Å². The number of amides is 1. The van der Waals surface area contributed by atoms with E-state index >= 15 is 0 Å². The molecule has 1 heterocycles. The van der Waals surface area contributed by atoms with Gasteiger partial charge in [-0.3, -0.25) is 9.59 Å². The summed E-state index contributed by atoms with van der Waals surface area (Å²) in [6.07, 6.45) is 0. The van der Waals surface area contributed by atoms with Crippen molar-refractivity contribution in [3.63, 3.8) is 0 Å². The average Bonchev–Trinajstić information content (AvgIpc) is 2.83. The molecule has 1 amide bonds. The summed E-state index contributed by atoms with van der Waals surface area (Å²) in [5, 5.41) is 13.5. The number of ketones is 1. The Hall–Kier alpha value is -4.11. The van der Waals surface area contributed by atoms with Gasteiger partial charge in [-0.2, -0.15) is 0 Å². The lowest BCUT2D eigenvalue weighted by atomic mass is 10.0. The summed E-state index contributed by atoms with van der Waals surface area (Å²) < 4.78 is 32.6. The quantitative estimate of drug-likeness (QED) is 0.442. The molecular weight excluding hydrogens is 444 g/mol. The van der Waals surface area contributed by atoms with Crippen molar-refractivity contribution in [2.45, 2.75) is 4.90 Å². The van der Waals surface area contributed by atoms with Crippen LogP contribution in [0, 0.1) is 0 Å². The number of aliphatic hydroxyl groups excluding tert-OH is 1. The van der Waals surface area contributed by atoms with Crippen LogP contribution in [0.3, 0.4) is 0 Å². The Labute approximate surface area is 190 Å². The van der Waals surface area contributed by atoms with Crippen LogP contribution >= 0.6 is 0 Å². The fraction of sp³-hybridized carbons (Fsp3) is 0.0833. The van der Waals surface area contributed by atoms with E-state index in [2.05, 4.69) is 5.32 Å². The molecule has 0 saturated heterocycles. The number of carbonyl (C=O) groups excluding carboxylic acids is 2. The molecule has 0 aromatic heterocycles. The number of hydrogen-bond acceptors (Lipinski definition) is 6. The Kier molecular flexibility index (Phi) is 5.89. The minimum Gasteiger partial charge on any atom is -0.505 e. The molecule has 1 aliphatic rings. The molecule has 0 saturated carbocycles. The Bertz CT molecular complexity index is 1370. The first-order valence-corrected chi connectivity index (χ1v) is 11.4. The predicted molar refractivity (Wildman–Crippen MR) is 122 cm³/mol. The normalized spacial score (nSPS) is 16.0. The third-order valence-corrected chi connectivity index (χ3v) is 6.88. The van der Waals surface area contributed by atoms with Gasteiger partial charge in [0.1, 0.15) is 18.0 Å². The number of allylic oxidation sites excluding steroid dienone is 1. The van der Waals surface area contributed by atoms with E-state index in [0.29, 0.717) is 15.7 Å². The standard InChI is InChI=1S/C24H20N2O6S/c1-32-18-11-7-10-17(14-18)25-21(27)15-26-22(23(28)16-8-3-2-4-9-16)24(29)19-12-5-6-13-20(19)33(26,30)31/h2-14,28H,15H2,1H3,(H,25,27)/b23-22+. The first kappa shape index (κ1) is 22.1. The van der Waals surface area contributed by atoms with Crippen LogP contribution in [0.15, 0.2) is 89.5 Å². The molecule has 9 heteroatoms. The van der Waals surface area contributed by atoms with Crippen molar-refractivity contribution in [1.82, 2.24) is 4.31 Å². The van der Waals surface area contributed by atoms with Crippen molar-refractivity contribution in [3.05, 3.63) is 95.7 Å². The zero-order chi connectivity index (χ0) is 23.6. The van der Waals surface area contributed by atoms with Crippen molar-refractivity contribution in [2.24, 2.45) is 0 Å². The van der Waals surface area contributed by atoms with Crippen LogP contribution in [-0.2, 0) is 14.8 Å². The topological polar surface area (TPSA) is 113 Å². The smallest absolute Gasteiger partial charge is 0.265 e. The maximum Gasteiger partial charge on any atom is 0.265 e. The molecule has 2 N–H and O–H groups in total. The Morgan fingerprint density at radius 3 is 2.42 bits per heavy atom. The highest BCUT2D eigenvalue weighted by molar-refractivity contribution is 7.89. The third-order valence-electron chi connectivity index (χ3n) is 5.08. The number of aliphatic hydroxyl groups is 1. The summed E-state index contributed by atoms with van der Waals surface area (Å²) in [4.78, 5) is 25.9. The molecule has 33 heavy (non-hydrogen) atoms. The number of Topliss-reactive ketones (excluding diaryl/α,β-unsaturated/α-hetero) is 1. The molecule has 1 aliphatic heterocycles. The van der Waals surface area contributed by atoms with E-state index in [1.165, 1.54) is 43.5 Å². The van der Waals surface area contributed by atoms with Gasteiger partial charge in [-0.15, -0.1) is 0 Å². The molecule has 3 aromatic carbocycles. The number of methoxy groups -OCH3 is 1. The summed E-state index contributed by atoms with van der Waals surface area (Å²) in [5.74, 6) is -1.43. The molecule has 0 fully saturated rings. The van der Waals surface area contributed by atoms with Crippen molar-refractivity contribution in [2.75, 3.05) is 19.0 Å². The fourth-order valence-corrected chi connectivity index (χ4v) is 5.14. The van der Waals surface area contributed by atoms with Gasteiger partial charge in [0, 0.05) is 22.9 Å². The van der Waals surface area contributed by atoms with Crippen LogP contribution in [0.4, 0.5) is 5.69 Å². The molecule has 0 unspecified atom stereocenters. The molecule has 0 spiro atoms. The molecule has 3 aromatic rings. The lowest BCUT2D eigenvalue weighted by Gasteiger charge is -2.31. The number of nitrogens with one attached hydrogen (secondary N) is 1. The van der Waals surface area contributed by atoms with Crippen LogP contribution in [0.1, 0.15) is 15.9 Å². The number of fused-ring (bicyclic) bond motifs is 1. The second-order valence-electron chi connectivity index (χ2n) is 7.18. The SMILES string of the molecule is COc1cccc(NC(=O)CN2/C(=C(/O)c3ccccc3)C(=O)c3ccccc3S2(=O)=O)c1. The summed E-state index contributed by atoms with van der Waals surface area (Å²) >= 11 is 0. The van der Waals surface area contributed by atoms with Crippen molar-refractivity contribution < 1.29 is 27.9 Å². The van der Waals surface area contributed by atoms with E-state index in [1.54, 1.807) is 42.5 Å². The van der Waals surface area contributed by atoms with Gasteiger partial charge in [0.15, 0.2) is 5.76 Å². The second-order valence-corrected chi connectivity index (χ2v) is 9.01. The van der Waals surface area contributed by atoms with Crippen molar-refractivity contribution in [1.29, 1.82) is 0 Å². The minimum atomic E-state index is -4.31. The van der Waals surface area contributed by atoms with Gasteiger partial charge in [0.05, 0.1) is 12.0 Å². The lowest BCUT2D eigenvalue weighted by molar-refractivity contribution is -0.116. The van der Waals surface area contributed by atoms with Crippen LogP contribution in [-0.4, -0.2) is 43.2 Å². The van der Waals surface area contributed by atoms with E-state index in [0.717, 1.165) is 0 Å². The van der Waals surface area contributed by atoms with E-state index in [9.17, 15) is 23.1 Å². The summed E-state index contributed by atoms with van der Waals surface area (Å²) in [7, 11) is -2.83. The number of carbonyl (C=O) groups is 2. The Morgan fingerprint density at radius 1 is 1.00 bits per heavy atom. The highest BCUT2D eigenvalue weighted by Gasteiger charge is 2.42. The third kappa shape index (κ3) is 4.18. The number of anilines is 1. The maximum absolute atomic E-state index is 13.4. The van der Waals surface area contributed by atoms with Gasteiger partial charge in [-0.1, -0.05) is 48.5 Å². The molecule has 0 radical (unpaired) electrons. The molecular formula is C24H20N2O6S.